The van der Waals surface area contributed by atoms with Gasteiger partial charge in [0.25, 0.3) is 0 Å². The monoisotopic (exact) mass is 294 g/mol. The van der Waals surface area contributed by atoms with Crippen molar-refractivity contribution in [3.63, 3.8) is 0 Å². The summed E-state index contributed by atoms with van der Waals surface area (Å²) in [6.07, 6.45) is 6.46. The maximum Gasteiger partial charge on any atom is 0.0409 e. The van der Waals surface area contributed by atoms with Gasteiger partial charge in [-0.25, -0.2) is 0 Å². The van der Waals surface area contributed by atoms with Crippen molar-refractivity contribution in [3.8, 4) is 0 Å². The first-order valence-corrected chi connectivity index (χ1v) is 8.17. The third-order valence-corrected chi connectivity index (χ3v) is 4.94. The first-order chi connectivity index (χ1) is 9.58. The molecule has 3 heteroatoms. The average Bonchev–Trinajstić information content (AvgIpc) is 2.45. The minimum Gasteiger partial charge on any atom is -0.324 e. The number of halogens is 1. The van der Waals surface area contributed by atoms with Crippen LogP contribution in [0.25, 0.3) is 0 Å². The molecule has 0 radical (unpaired) electrons. The first-order valence-electron chi connectivity index (χ1n) is 7.79. The van der Waals surface area contributed by atoms with Gasteiger partial charge in [0.2, 0.25) is 0 Å². The molecule has 1 fully saturated rings. The summed E-state index contributed by atoms with van der Waals surface area (Å²) in [5.41, 5.74) is 7.43. The highest BCUT2D eigenvalue weighted by atomic mass is 35.5. The first kappa shape index (κ1) is 15.8. The van der Waals surface area contributed by atoms with Gasteiger partial charge in [-0.05, 0) is 56.5 Å². The molecule has 3 unspecified atom stereocenters. The highest BCUT2D eigenvalue weighted by Crippen LogP contribution is 2.28. The molecule has 20 heavy (non-hydrogen) atoms. The van der Waals surface area contributed by atoms with Gasteiger partial charge < -0.3 is 10.6 Å². The zero-order valence-corrected chi connectivity index (χ0v) is 13.4. The molecule has 1 aliphatic carbocycles. The third kappa shape index (κ3) is 4.21. The Labute approximate surface area is 128 Å². The smallest absolute Gasteiger partial charge is 0.0409 e. The molecule has 0 aromatic heterocycles. The number of nitrogens with zero attached hydrogens (tertiary/aromatic N) is 1. The Bertz CT molecular complexity index is 421. The number of hydrogen-bond acceptors (Lipinski definition) is 2. The molecule has 2 N–H and O–H groups in total. The molecular formula is C17H27ClN2. The van der Waals surface area contributed by atoms with E-state index >= 15 is 0 Å². The molecular weight excluding hydrogens is 268 g/mol. The van der Waals surface area contributed by atoms with E-state index in [0.29, 0.717) is 0 Å². The quantitative estimate of drug-likeness (QED) is 0.880. The van der Waals surface area contributed by atoms with E-state index in [2.05, 4.69) is 24.9 Å². The van der Waals surface area contributed by atoms with Gasteiger partial charge >= 0.3 is 0 Å². The largest absolute Gasteiger partial charge is 0.324 e. The van der Waals surface area contributed by atoms with Crippen molar-refractivity contribution in [3.05, 3.63) is 34.9 Å². The molecule has 0 spiro atoms. The van der Waals surface area contributed by atoms with E-state index in [9.17, 15) is 0 Å². The van der Waals surface area contributed by atoms with Gasteiger partial charge in [0.15, 0.2) is 0 Å². The van der Waals surface area contributed by atoms with Gasteiger partial charge in [-0.3, -0.25) is 0 Å². The van der Waals surface area contributed by atoms with Crippen LogP contribution in [0.15, 0.2) is 24.3 Å². The average molecular weight is 295 g/mol. The molecule has 1 aromatic rings. The molecule has 3 atom stereocenters. The van der Waals surface area contributed by atoms with E-state index in [-0.39, 0.29) is 6.04 Å². The van der Waals surface area contributed by atoms with Gasteiger partial charge in [0.05, 0.1) is 0 Å². The molecule has 2 rings (SSSR count). The number of hydrogen-bond donors (Lipinski definition) is 1. The van der Waals surface area contributed by atoms with Crippen LogP contribution in [-0.2, 0) is 0 Å². The fourth-order valence-electron chi connectivity index (χ4n) is 3.36. The molecule has 1 aromatic carbocycles. The molecule has 0 bridgehead atoms. The SMILES string of the molecule is CC1CCCCC1N(C)CCC(N)c1cccc(Cl)c1. The molecule has 0 aliphatic heterocycles. The van der Waals surface area contributed by atoms with Crippen LogP contribution in [0.3, 0.4) is 0 Å². The predicted molar refractivity (Wildman–Crippen MR) is 87.0 cm³/mol. The van der Waals surface area contributed by atoms with Crippen molar-refractivity contribution in [1.82, 2.24) is 4.90 Å². The highest BCUT2D eigenvalue weighted by molar-refractivity contribution is 6.30. The standard InChI is InChI=1S/C17H27ClN2/c1-13-6-3-4-9-17(13)20(2)11-10-16(19)14-7-5-8-15(18)12-14/h5,7-8,12-13,16-17H,3-4,6,9-11,19H2,1-2H3. The molecule has 0 saturated heterocycles. The highest BCUT2D eigenvalue weighted by Gasteiger charge is 2.24. The number of nitrogens with two attached hydrogens (primary N) is 1. The van der Waals surface area contributed by atoms with Gasteiger partial charge in [0.1, 0.15) is 0 Å². The van der Waals surface area contributed by atoms with Crippen LogP contribution in [0.5, 0.6) is 0 Å². The Kier molecular flexibility index (Phi) is 5.88. The second kappa shape index (κ2) is 7.44. The summed E-state index contributed by atoms with van der Waals surface area (Å²) in [6, 6.07) is 8.73. The summed E-state index contributed by atoms with van der Waals surface area (Å²) >= 11 is 6.03. The molecule has 1 aliphatic rings. The minimum atomic E-state index is 0.0787. The summed E-state index contributed by atoms with van der Waals surface area (Å²) in [5, 5.41) is 0.771. The second-order valence-electron chi connectivity index (χ2n) is 6.26. The lowest BCUT2D eigenvalue weighted by atomic mass is 9.85. The summed E-state index contributed by atoms with van der Waals surface area (Å²) in [6.45, 7) is 3.44. The van der Waals surface area contributed by atoms with E-state index in [1.807, 2.05) is 18.2 Å². The normalized spacial score (nSPS) is 24.9. The van der Waals surface area contributed by atoms with E-state index in [1.54, 1.807) is 0 Å². The Morgan fingerprint density at radius 2 is 2.10 bits per heavy atom. The lowest BCUT2D eigenvalue weighted by Crippen LogP contribution is -2.40. The van der Waals surface area contributed by atoms with Crippen molar-refractivity contribution in [2.75, 3.05) is 13.6 Å². The van der Waals surface area contributed by atoms with Gasteiger partial charge in [-0.1, -0.05) is 43.5 Å². The van der Waals surface area contributed by atoms with Crippen LogP contribution in [-0.4, -0.2) is 24.5 Å². The lowest BCUT2D eigenvalue weighted by molar-refractivity contribution is 0.136. The molecule has 112 valence electrons. The van der Waals surface area contributed by atoms with Crippen LogP contribution < -0.4 is 5.73 Å². The zero-order chi connectivity index (χ0) is 14.5. The number of benzene rings is 1. The Balaban J connectivity index is 1.84. The molecule has 0 heterocycles. The Morgan fingerprint density at radius 1 is 1.35 bits per heavy atom. The van der Waals surface area contributed by atoms with Crippen molar-refractivity contribution >= 4 is 11.6 Å². The maximum absolute atomic E-state index is 6.29. The molecule has 2 nitrogen and oxygen atoms in total. The predicted octanol–water partition coefficient (Wildman–Crippen LogP) is 4.24. The fourth-order valence-corrected chi connectivity index (χ4v) is 3.56. The lowest BCUT2D eigenvalue weighted by Gasteiger charge is -2.36. The third-order valence-electron chi connectivity index (χ3n) is 4.70. The molecule has 0 amide bonds. The fraction of sp³-hybridized carbons (Fsp3) is 0.647. The van der Waals surface area contributed by atoms with Crippen LogP contribution >= 0.6 is 11.6 Å². The minimum absolute atomic E-state index is 0.0787. The maximum atomic E-state index is 6.29. The van der Waals surface area contributed by atoms with Crippen LogP contribution in [0, 0.1) is 5.92 Å². The Hall–Kier alpha value is -0.570. The summed E-state index contributed by atoms with van der Waals surface area (Å²) in [4.78, 5) is 2.51. The van der Waals surface area contributed by atoms with Crippen molar-refractivity contribution in [2.45, 2.75) is 51.1 Å². The van der Waals surface area contributed by atoms with Crippen LogP contribution in [0.4, 0.5) is 0 Å². The van der Waals surface area contributed by atoms with E-state index in [0.717, 1.165) is 35.5 Å². The van der Waals surface area contributed by atoms with Crippen molar-refractivity contribution in [1.29, 1.82) is 0 Å². The zero-order valence-electron chi connectivity index (χ0n) is 12.7. The van der Waals surface area contributed by atoms with E-state index < -0.39 is 0 Å². The van der Waals surface area contributed by atoms with E-state index in [1.165, 1.54) is 25.7 Å². The van der Waals surface area contributed by atoms with Gasteiger partial charge in [-0.2, -0.15) is 0 Å². The van der Waals surface area contributed by atoms with Crippen molar-refractivity contribution in [2.24, 2.45) is 11.7 Å². The van der Waals surface area contributed by atoms with Gasteiger partial charge in [-0.15, -0.1) is 0 Å². The molecule has 1 saturated carbocycles. The van der Waals surface area contributed by atoms with Gasteiger partial charge in [0, 0.05) is 17.1 Å². The summed E-state index contributed by atoms with van der Waals surface area (Å²) in [5.74, 6) is 0.816. The Morgan fingerprint density at radius 3 is 2.80 bits per heavy atom. The number of rotatable bonds is 5. The second-order valence-corrected chi connectivity index (χ2v) is 6.70. The van der Waals surface area contributed by atoms with Crippen molar-refractivity contribution < 1.29 is 0 Å². The van der Waals surface area contributed by atoms with E-state index in [4.69, 9.17) is 17.3 Å². The topological polar surface area (TPSA) is 29.3 Å². The summed E-state index contributed by atoms with van der Waals surface area (Å²) in [7, 11) is 2.25. The van der Waals surface area contributed by atoms with Crippen LogP contribution in [0.2, 0.25) is 5.02 Å². The summed E-state index contributed by atoms with van der Waals surface area (Å²) < 4.78 is 0. The van der Waals surface area contributed by atoms with Crippen LogP contribution in [0.1, 0.15) is 50.6 Å².